The van der Waals surface area contributed by atoms with E-state index in [0.717, 1.165) is 35.9 Å². The number of aryl methyl sites for hydroxylation is 1. The minimum Gasteiger partial charge on any atom is -0.496 e. The molecule has 0 saturated heterocycles. The molecule has 0 amide bonds. The van der Waals surface area contributed by atoms with Gasteiger partial charge < -0.3 is 10.1 Å². The third kappa shape index (κ3) is 2.82. The minimum absolute atomic E-state index is 0.151. The Labute approximate surface area is 108 Å². The van der Waals surface area contributed by atoms with E-state index in [9.17, 15) is 0 Å². The summed E-state index contributed by atoms with van der Waals surface area (Å²) in [5.41, 5.74) is 2.31. The van der Waals surface area contributed by atoms with Gasteiger partial charge in [0.2, 0.25) is 0 Å². The zero-order valence-electron chi connectivity index (χ0n) is 10.3. The van der Waals surface area contributed by atoms with Gasteiger partial charge in [-0.05, 0) is 36.7 Å². The third-order valence-corrected chi connectivity index (χ3v) is 3.36. The molecule has 0 aliphatic carbocycles. The number of benzene rings is 1. The predicted octanol–water partition coefficient (Wildman–Crippen LogP) is 3.60. The van der Waals surface area contributed by atoms with E-state index in [1.807, 2.05) is 13.0 Å². The predicted molar refractivity (Wildman–Crippen MR) is 71.3 cm³/mol. The van der Waals surface area contributed by atoms with Crippen molar-refractivity contribution >= 4 is 11.6 Å². The van der Waals surface area contributed by atoms with Crippen molar-refractivity contribution in [3.63, 3.8) is 0 Å². The summed E-state index contributed by atoms with van der Waals surface area (Å²) in [5, 5.41) is 4.26. The summed E-state index contributed by atoms with van der Waals surface area (Å²) in [7, 11) is 0. The van der Waals surface area contributed by atoms with Crippen LogP contribution >= 0.6 is 11.6 Å². The van der Waals surface area contributed by atoms with Gasteiger partial charge in [-0.25, -0.2) is 0 Å². The molecule has 1 atom stereocenters. The Morgan fingerprint density at radius 2 is 2.29 bits per heavy atom. The minimum atomic E-state index is 0.151. The van der Waals surface area contributed by atoms with Crippen molar-refractivity contribution in [3.8, 4) is 0 Å². The van der Waals surface area contributed by atoms with E-state index in [1.54, 1.807) is 0 Å². The molecule has 1 unspecified atom stereocenters. The highest BCUT2D eigenvalue weighted by molar-refractivity contribution is 6.31. The maximum atomic E-state index is 6.06. The van der Waals surface area contributed by atoms with E-state index < -0.39 is 0 Å². The lowest BCUT2D eigenvalue weighted by molar-refractivity contribution is 0.216. The molecule has 1 aromatic rings. The molecular formula is C14H18ClNO. The molecule has 0 aromatic heterocycles. The first-order chi connectivity index (χ1) is 8.22. The lowest BCUT2D eigenvalue weighted by Crippen LogP contribution is -2.23. The molecule has 0 fully saturated rings. The molecule has 0 spiro atoms. The van der Waals surface area contributed by atoms with Gasteiger partial charge in [0.05, 0.1) is 12.6 Å². The largest absolute Gasteiger partial charge is 0.496 e. The van der Waals surface area contributed by atoms with Crippen LogP contribution < -0.4 is 5.32 Å². The topological polar surface area (TPSA) is 21.3 Å². The molecule has 92 valence electrons. The zero-order valence-corrected chi connectivity index (χ0v) is 11.1. The van der Waals surface area contributed by atoms with Crippen LogP contribution in [0.15, 0.2) is 30.0 Å². The fourth-order valence-electron chi connectivity index (χ4n) is 2.07. The summed E-state index contributed by atoms with van der Waals surface area (Å²) in [6.45, 7) is 5.83. The molecule has 2 nitrogen and oxygen atoms in total. The number of nitrogens with one attached hydrogen (secondary N) is 1. The van der Waals surface area contributed by atoms with E-state index in [1.165, 1.54) is 5.56 Å². The summed E-state index contributed by atoms with van der Waals surface area (Å²) < 4.78 is 5.66. The molecule has 2 rings (SSSR count). The average Bonchev–Trinajstić information content (AvgIpc) is 2.83. The van der Waals surface area contributed by atoms with E-state index in [4.69, 9.17) is 16.3 Å². The van der Waals surface area contributed by atoms with Gasteiger partial charge in [0, 0.05) is 11.4 Å². The number of halogens is 1. The number of hydrogen-bond donors (Lipinski definition) is 1. The van der Waals surface area contributed by atoms with Crippen molar-refractivity contribution in [2.45, 2.75) is 26.3 Å². The monoisotopic (exact) mass is 251 g/mol. The van der Waals surface area contributed by atoms with Crippen LogP contribution in [0.2, 0.25) is 5.02 Å². The molecule has 1 N–H and O–H groups in total. The van der Waals surface area contributed by atoms with E-state index in [0.29, 0.717) is 0 Å². The second-order valence-corrected chi connectivity index (χ2v) is 4.65. The third-order valence-electron chi connectivity index (χ3n) is 2.94. The van der Waals surface area contributed by atoms with Crippen molar-refractivity contribution in [1.82, 2.24) is 5.32 Å². The summed E-state index contributed by atoms with van der Waals surface area (Å²) in [5.74, 6) is 1.04. The maximum Gasteiger partial charge on any atom is 0.114 e. The first-order valence-corrected chi connectivity index (χ1v) is 6.42. The first kappa shape index (κ1) is 12.5. The van der Waals surface area contributed by atoms with Gasteiger partial charge in [-0.1, -0.05) is 30.7 Å². The molecule has 1 aromatic carbocycles. The summed E-state index contributed by atoms with van der Waals surface area (Å²) in [4.78, 5) is 0. The van der Waals surface area contributed by atoms with Gasteiger partial charge in [-0.2, -0.15) is 0 Å². The van der Waals surface area contributed by atoms with Crippen LogP contribution in [-0.4, -0.2) is 13.2 Å². The number of rotatable bonds is 4. The van der Waals surface area contributed by atoms with Crippen LogP contribution in [0.3, 0.4) is 0 Å². The molecular weight excluding hydrogens is 234 g/mol. The Morgan fingerprint density at radius 3 is 2.88 bits per heavy atom. The molecule has 1 aliphatic heterocycles. The molecule has 17 heavy (non-hydrogen) atoms. The van der Waals surface area contributed by atoms with Crippen molar-refractivity contribution < 1.29 is 4.74 Å². The van der Waals surface area contributed by atoms with E-state index in [-0.39, 0.29) is 6.04 Å². The molecule has 1 heterocycles. The second-order valence-electron chi connectivity index (χ2n) is 4.24. The van der Waals surface area contributed by atoms with Gasteiger partial charge in [0.15, 0.2) is 0 Å². The molecule has 0 radical (unpaired) electrons. The molecule has 0 bridgehead atoms. The molecule has 1 aliphatic rings. The summed E-state index contributed by atoms with van der Waals surface area (Å²) in [6, 6.07) is 6.29. The quantitative estimate of drug-likeness (QED) is 0.883. The van der Waals surface area contributed by atoms with Crippen LogP contribution in [0.5, 0.6) is 0 Å². The second kappa shape index (κ2) is 5.56. The lowest BCUT2D eigenvalue weighted by atomic mass is 10.0. The van der Waals surface area contributed by atoms with Crippen molar-refractivity contribution in [1.29, 1.82) is 0 Å². The van der Waals surface area contributed by atoms with Gasteiger partial charge in [-0.3, -0.25) is 0 Å². The van der Waals surface area contributed by atoms with E-state index in [2.05, 4.69) is 30.4 Å². The first-order valence-electron chi connectivity index (χ1n) is 6.04. The maximum absolute atomic E-state index is 6.06. The molecule has 3 heteroatoms. The number of ether oxygens (including phenoxy) is 1. The SMILES string of the molecule is CCNC(C1=CCCO1)c1ccc(Cl)c(C)c1. The van der Waals surface area contributed by atoms with Crippen LogP contribution in [0, 0.1) is 6.92 Å². The average molecular weight is 252 g/mol. The van der Waals surface area contributed by atoms with Crippen molar-refractivity contribution in [2.24, 2.45) is 0 Å². The number of likely N-dealkylation sites (N-methyl/N-ethyl adjacent to an activating group) is 1. The molecule has 0 saturated carbocycles. The van der Waals surface area contributed by atoms with Crippen molar-refractivity contribution in [3.05, 3.63) is 46.2 Å². The Bertz CT molecular complexity index is 428. The number of hydrogen-bond acceptors (Lipinski definition) is 2. The Kier molecular flexibility index (Phi) is 4.08. The Morgan fingerprint density at radius 1 is 1.47 bits per heavy atom. The summed E-state index contributed by atoms with van der Waals surface area (Å²) >= 11 is 6.06. The highest BCUT2D eigenvalue weighted by Crippen LogP contribution is 2.28. The van der Waals surface area contributed by atoms with Gasteiger partial charge >= 0.3 is 0 Å². The van der Waals surface area contributed by atoms with Gasteiger partial charge in [0.25, 0.3) is 0 Å². The van der Waals surface area contributed by atoms with Gasteiger partial charge in [0.1, 0.15) is 5.76 Å². The normalized spacial score (nSPS) is 16.5. The van der Waals surface area contributed by atoms with Crippen LogP contribution in [0.4, 0.5) is 0 Å². The van der Waals surface area contributed by atoms with Crippen LogP contribution in [-0.2, 0) is 4.74 Å². The fraction of sp³-hybridized carbons (Fsp3) is 0.429. The van der Waals surface area contributed by atoms with E-state index >= 15 is 0 Å². The Hall–Kier alpha value is -0.990. The zero-order chi connectivity index (χ0) is 12.3. The van der Waals surface area contributed by atoms with Crippen molar-refractivity contribution in [2.75, 3.05) is 13.2 Å². The standard InChI is InChI=1S/C14H18ClNO/c1-3-16-14(13-5-4-8-17-13)11-6-7-12(15)10(2)9-11/h5-7,9,14,16H,3-4,8H2,1-2H3. The fourth-order valence-corrected chi connectivity index (χ4v) is 2.19. The smallest absolute Gasteiger partial charge is 0.114 e. The highest BCUT2D eigenvalue weighted by atomic mass is 35.5. The highest BCUT2D eigenvalue weighted by Gasteiger charge is 2.20. The van der Waals surface area contributed by atoms with Gasteiger partial charge in [-0.15, -0.1) is 0 Å². The summed E-state index contributed by atoms with van der Waals surface area (Å²) in [6.07, 6.45) is 3.17. The Balaban J connectivity index is 2.28. The lowest BCUT2D eigenvalue weighted by Gasteiger charge is -2.20. The van der Waals surface area contributed by atoms with Crippen LogP contribution in [0.1, 0.15) is 30.5 Å². The van der Waals surface area contributed by atoms with Crippen LogP contribution in [0.25, 0.3) is 0 Å².